The van der Waals surface area contributed by atoms with E-state index in [1.165, 1.54) is 13.2 Å². The number of pyridine rings is 4. The van der Waals surface area contributed by atoms with Gasteiger partial charge < -0.3 is 40.3 Å². The molecule has 5 N–H and O–H groups in total. The van der Waals surface area contributed by atoms with Crippen LogP contribution in [0.1, 0.15) is 105 Å². The van der Waals surface area contributed by atoms with Crippen molar-refractivity contribution in [3.05, 3.63) is 133 Å². The maximum Gasteiger partial charge on any atom is 0.305 e. The number of aliphatic hydroxyl groups is 3. The average molecular weight is 861 g/mol. The van der Waals surface area contributed by atoms with Crippen LogP contribution in [0.15, 0.2) is 110 Å². The first-order valence-electron chi connectivity index (χ1n) is 20.7. The van der Waals surface area contributed by atoms with Crippen LogP contribution in [0, 0.1) is 0 Å². The summed E-state index contributed by atoms with van der Waals surface area (Å²) in [4.78, 5) is 52.2. The highest BCUT2D eigenvalue weighted by Gasteiger charge is 2.39. The fourth-order valence-electron chi connectivity index (χ4n) is 5.32. The Morgan fingerprint density at radius 1 is 0.871 bits per heavy atom. The van der Waals surface area contributed by atoms with E-state index in [-0.39, 0.29) is 23.8 Å². The first-order chi connectivity index (χ1) is 29.8. The third kappa shape index (κ3) is 21.9. The smallest absolute Gasteiger partial charge is 0.305 e. The Morgan fingerprint density at radius 3 is 1.87 bits per heavy atom. The van der Waals surface area contributed by atoms with Crippen molar-refractivity contribution in [1.29, 1.82) is 0 Å². The van der Waals surface area contributed by atoms with E-state index >= 15 is 0 Å². The summed E-state index contributed by atoms with van der Waals surface area (Å²) in [5.74, 6) is -1.31. The summed E-state index contributed by atoms with van der Waals surface area (Å²) in [6.07, 6.45) is 12.1. The molecule has 4 aromatic rings. The Balaban J connectivity index is 0.000000399. The highest BCUT2D eigenvalue weighted by Crippen LogP contribution is 2.33. The van der Waals surface area contributed by atoms with Crippen LogP contribution in [0.4, 0.5) is 0 Å². The Morgan fingerprint density at radius 2 is 1.44 bits per heavy atom. The number of ketones is 1. The highest BCUT2D eigenvalue weighted by molar-refractivity contribution is 6.02. The second-order valence-corrected chi connectivity index (χ2v) is 13.7. The first-order valence-corrected chi connectivity index (χ1v) is 20.7. The number of carbonyl (C=O) groups is 3. The molecule has 5 heterocycles. The molecule has 1 aliphatic heterocycles. The van der Waals surface area contributed by atoms with E-state index in [4.69, 9.17) is 4.74 Å². The minimum absolute atomic E-state index is 0.0909. The monoisotopic (exact) mass is 861 g/mol. The Hall–Kier alpha value is -5.49. The first kappa shape index (κ1) is 54.5. The number of rotatable bonds is 15. The predicted molar refractivity (Wildman–Crippen MR) is 239 cm³/mol. The van der Waals surface area contributed by atoms with Gasteiger partial charge in [0.2, 0.25) is 17.6 Å². The largest absolute Gasteiger partial charge is 0.469 e. The third-order valence-electron chi connectivity index (χ3n) is 9.16. The van der Waals surface area contributed by atoms with Crippen LogP contribution in [-0.4, -0.2) is 124 Å². The average Bonchev–Trinajstić information content (AvgIpc) is 3.33. The van der Waals surface area contributed by atoms with Gasteiger partial charge in [0.15, 0.2) is 0 Å². The van der Waals surface area contributed by atoms with Gasteiger partial charge in [-0.05, 0) is 88.4 Å². The van der Waals surface area contributed by atoms with E-state index in [1.807, 2.05) is 81.4 Å². The number of nitrogens with zero attached hydrogens (tertiary/aromatic N) is 6. The van der Waals surface area contributed by atoms with E-state index < -0.39 is 18.1 Å². The lowest BCUT2D eigenvalue weighted by Crippen LogP contribution is -2.53. The van der Waals surface area contributed by atoms with Gasteiger partial charge >= 0.3 is 5.97 Å². The third-order valence-corrected chi connectivity index (χ3v) is 9.16. The van der Waals surface area contributed by atoms with E-state index in [1.54, 1.807) is 81.2 Å². The molecule has 4 unspecified atom stereocenters. The SMILES string of the molecule is CCC(=O)N(C)CCC(O)c1ccccn1.CCC(=O)OC.CCC1(O)OC(c2ccccn2)CCN1C.CN/C=C/C(=O)c1ccccn1.CNCCC(O)c1ccccn1. The van der Waals surface area contributed by atoms with Crippen LogP contribution in [-0.2, 0) is 19.1 Å². The van der Waals surface area contributed by atoms with Gasteiger partial charge in [-0.15, -0.1) is 0 Å². The fraction of sp³-hybridized carbons (Fsp3) is 0.457. The van der Waals surface area contributed by atoms with E-state index in [9.17, 15) is 29.7 Å². The van der Waals surface area contributed by atoms with Crippen molar-refractivity contribution in [2.75, 3.05) is 54.9 Å². The number of aromatic nitrogens is 4. The Bertz CT molecular complexity index is 1790. The van der Waals surface area contributed by atoms with Crippen molar-refractivity contribution in [2.45, 2.75) is 83.5 Å². The number of allylic oxidation sites excluding steroid dienone is 1. The van der Waals surface area contributed by atoms with Crippen molar-refractivity contribution < 1.29 is 39.2 Å². The van der Waals surface area contributed by atoms with Gasteiger partial charge in [0, 0.05) is 83.5 Å². The second kappa shape index (κ2) is 32.3. The van der Waals surface area contributed by atoms with Crippen LogP contribution in [0.5, 0.6) is 0 Å². The van der Waals surface area contributed by atoms with Crippen molar-refractivity contribution in [2.24, 2.45) is 0 Å². The molecular weight excluding hydrogens is 793 g/mol. The molecule has 1 aliphatic rings. The summed E-state index contributed by atoms with van der Waals surface area (Å²) in [5, 5.41) is 35.3. The Kier molecular flexibility index (Phi) is 28.4. The summed E-state index contributed by atoms with van der Waals surface area (Å²) in [5.41, 5.74) is 2.75. The molecule has 0 saturated carbocycles. The van der Waals surface area contributed by atoms with Crippen LogP contribution in [0.2, 0.25) is 0 Å². The molecule has 1 saturated heterocycles. The molecule has 1 amide bonds. The van der Waals surface area contributed by atoms with Crippen molar-refractivity contribution in [3.8, 4) is 0 Å². The standard InChI is InChI=1S/2C12H18N2O2.C9H14N2O.C9H10N2O.C4H8O2/c1-3-12(15)14(2)9-7-11(16-12)10-6-4-5-8-13-10;1-3-12(16)14(2)9-7-11(15)10-6-4-5-8-13-10;2*1-10-7-5-9(12)8-4-2-3-6-11-8;1-3-4(5)6-2/h2*4-6,8,11,15H,3,7,9H2,1-2H3;2-4,6,9-10,12H,5,7H2,1H3;2-7,10H,1H3;3H2,1-2H3/b;;;7-5+;. The number of esters is 1. The maximum atomic E-state index is 11.3. The molecule has 0 radical (unpaired) electrons. The summed E-state index contributed by atoms with van der Waals surface area (Å²) in [7, 11) is 8.61. The van der Waals surface area contributed by atoms with Crippen LogP contribution in [0.3, 0.4) is 0 Å². The molecule has 16 nitrogen and oxygen atoms in total. The lowest BCUT2D eigenvalue weighted by Gasteiger charge is -2.43. The van der Waals surface area contributed by atoms with Crippen LogP contribution >= 0.6 is 0 Å². The van der Waals surface area contributed by atoms with Gasteiger partial charge in [0.05, 0.1) is 36.4 Å². The molecule has 5 rings (SSSR count). The van der Waals surface area contributed by atoms with Crippen LogP contribution in [0.25, 0.3) is 0 Å². The molecule has 1 fully saturated rings. The maximum absolute atomic E-state index is 11.3. The van der Waals surface area contributed by atoms with E-state index in [0.717, 1.165) is 30.9 Å². The molecular formula is C46H68N8O8. The van der Waals surface area contributed by atoms with Crippen molar-refractivity contribution in [1.82, 2.24) is 40.4 Å². The van der Waals surface area contributed by atoms with E-state index in [2.05, 4.69) is 35.3 Å². The normalized spacial score (nSPS) is 16.5. The fourth-order valence-corrected chi connectivity index (χ4v) is 5.32. The zero-order valence-electron chi connectivity index (χ0n) is 37.6. The van der Waals surface area contributed by atoms with Gasteiger partial charge in [-0.2, -0.15) is 0 Å². The molecule has 4 atom stereocenters. The summed E-state index contributed by atoms with van der Waals surface area (Å²) >= 11 is 0. The zero-order chi connectivity index (χ0) is 46.2. The number of nitrogens with one attached hydrogen (secondary N) is 2. The quantitative estimate of drug-likeness (QED) is 0.0591. The summed E-state index contributed by atoms with van der Waals surface area (Å²) < 4.78 is 10.0. The minimum atomic E-state index is -1.15. The van der Waals surface area contributed by atoms with Gasteiger partial charge in [-0.3, -0.25) is 39.2 Å². The number of methoxy groups -OCH3 is 1. The van der Waals surface area contributed by atoms with Crippen molar-refractivity contribution >= 4 is 17.7 Å². The lowest BCUT2D eigenvalue weighted by atomic mass is 10.1. The molecule has 4 aromatic heterocycles. The lowest BCUT2D eigenvalue weighted by molar-refractivity contribution is -0.332. The van der Waals surface area contributed by atoms with Gasteiger partial charge in [-0.1, -0.05) is 45.0 Å². The molecule has 0 bridgehead atoms. The second-order valence-electron chi connectivity index (χ2n) is 13.7. The Labute approximate surface area is 367 Å². The summed E-state index contributed by atoms with van der Waals surface area (Å²) in [6.45, 7) is 7.66. The van der Waals surface area contributed by atoms with E-state index in [0.29, 0.717) is 50.0 Å². The number of hydrogen-bond acceptors (Lipinski definition) is 15. The topological polar surface area (TPSA) is 212 Å². The number of hydrogen-bond donors (Lipinski definition) is 5. The summed E-state index contributed by atoms with van der Waals surface area (Å²) in [6, 6.07) is 22.0. The molecule has 0 aliphatic carbocycles. The molecule has 0 spiro atoms. The molecule has 340 valence electrons. The number of ether oxygens (including phenoxy) is 2. The van der Waals surface area contributed by atoms with Crippen molar-refractivity contribution in [3.63, 3.8) is 0 Å². The molecule has 16 heteroatoms. The highest BCUT2D eigenvalue weighted by atomic mass is 16.7. The predicted octanol–water partition coefficient (Wildman–Crippen LogP) is 5.20. The number of aliphatic hydroxyl groups excluding tert-OH is 2. The van der Waals surface area contributed by atoms with Gasteiger partial charge in [0.1, 0.15) is 11.8 Å². The van der Waals surface area contributed by atoms with Gasteiger partial charge in [0.25, 0.3) is 0 Å². The molecule has 0 aromatic carbocycles. The van der Waals surface area contributed by atoms with Gasteiger partial charge in [-0.25, -0.2) is 0 Å². The zero-order valence-corrected chi connectivity index (χ0v) is 37.6. The number of amides is 1. The van der Waals surface area contributed by atoms with Crippen LogP contribution < -0.4 is 10.6 Å². The molecule has 62 heavy (non-hydrogen) atoms. The number of carbonyl (C=O) groups excluding carboxylic acids is 3. The minimum Gasteiger partial charge on any atom is -0.469 e.